The van der Waals surface area contributed by atoms with Crippen LogP contribution in [0, 0.1) is 5.92 Å². The van der Waals surface area contributed by atoms with E-state index in [0.29, 0.717) is 17.8 Å². The molecule has 0 aliphatic carbocycles. The predicted molar refractivity (Wildman–Crippen MR) is 179 cm³/mol. The van der Waals surface area contributed by atoms with Crippen molar-refractivity contribution in [2.24, 2.45) is 5.92 Å². The third-order valence-corrected chi connectivity index (χ3v) is 8.96. The van der Waals surface area contributed by atoms with E-state index in [1.165, 1.54) is 16.3 Å². The predicted octanol–water partition coefficient (Wildman–Crippen LogP) is 8.07. The molecule has 0 saturated carbocycles. The summed E-state index contributed by atoms with van der Waals surface area (Å²) >= 11 is 0. The van der Waals surface area contributed by atoms with Gasteiger partial charge in [-0.2, -0.15) is 0 Å². The molecule has 0 radical (unpaired) electrons. The van der Waals surface area contributed by atoms with Gasteiger partial charge in [-0.1, -0.05) is 97.9 Å². The summed E-state index contributed by atoms with van der Waals surface area (Å²) in [6.07, 6.45) is -0.998. The lowest BCUT2D eigenvalue weighted by Crippen LogP contribution is -2.44. The van der Waals surface area contributed by atoms with Gasteiger partial charge in [-0.3, -0.25) is 9.69 Å². The first kappa shape index (κ1) is 30.7. The number of nitrogens with zero attached hydrogens (tertiary/aromatic N) is 1. The molecule has 1 aliphatic heterocycles. The lowest BCUT2D eigenvalue weighted by atomic mass is 9.89. The van der Waals surface area contributed by atoms with E-state index in [1.807, 2.05) is 66.7 Å². The van der Waals surface area contributed by atoms with Crippen LogP contribution in [0.3, 0.4) is 0 Å². The molecule has 0 aromatic heterocycles. The van der Waals surface area contributed by atoms with Crippen molar-refractivity contribution in [1.29, 1.82) is 0 Å². The highest BCUT2D eigenvalue weighted by atomic mass is 16.7. The first-order chi connectivity index (χ1) is 21.9. The first-order valence-corrected chi connectivity index (χ1v) is 15.6. The quantitative estimate of drug-likeness (QED) is 0.179. The molecule has 1 fully saturated rings. The molecule has 1 amide bonds. The molecule has 1 saturated heterocycles. The van der Waals surface area contributed by atoms with E-state index in [9.17, 15) is 9.90 Å². The van der Waals surface area contributed by atoms with Crippen LogP contribution in [-0.2, 0) is 16.1 Å². The van der Waals surface area contributed by atoms with E-state index in [0.717, 1.165) is 16.7 Å². The number of carbonyl (C=O) groups is 1. The van der Waals surface area contributed by atoms with E-state index in [4.69, 9.17) is 9.47 Å². The number of nitrogens with one attached hydrogen (secondary N) is 1. The Morgan fingerprint density at radius 3 is 2.31 bits per heavy atom. The van der Waals surface area contributed by atoms with Crippen molar-refractivity contribution < 1.29 is 19.4 Å². The molecular weight excluding hydrogens is 560 g/mol. The number of benzene rings is 5. The van der Waals surface area contributed by atoms with Crippen molar-refractivity contribution in [2.75, 3.05) is 18.9 Å². The smallest absolute Gasteiger partial charge is 0.255 e. The fraction of sp³-hybridized carbons (Fsp3) is 0.256. The van der Waals surface area contributed by atoms with Crippen LogP contribution in [0.1, 0.15) is 64.9 Å². The third-order valence-electron chi connectivity index (χ3n) is 8.96. The Hall–Kier alpha value is -4.33. The van der Waals surface area contributed by atoms with E-state index in [2.05, 4.69) is 73.6 Å². The van der Waals surface area contributed by atoms with Gasteiger partial charge in [0, 0.05) is 35.3 Å². The van der Waals surface area contributed by atoms with Crippen molar-refractivity contribution in [3.63, 3.8) is 0 Å². The van der Waals surface area contributed by atoms with Crippen molar-refractivity contribution in [3.05, 3.63) is 149 Å². The zero-order valence-electron chi connectivity index (χ0n) is 26.0. The van der Waals surface area contributed by atoms with Crippen LogP contribution < -0.4 is 5.32 Å². The summed E-state index contributed by atoms with van der Waals surface area (Å²) in [6, 6.07) is 40.1. The molecule has 6 rings (SSSR count). The Morgan fingerprint density at radius 1 is 0.822 bits per heavy atom. The molecule has 230 valence electrons. The number of carbonyl (C=O) groups excluding carboxylic acids is 1. The molecule has 1 heterocycles. The van der Waals surface area contributed by atoms with Gasteiger partial charge in [0.15, 0.2) is 6.29 Å². The average Bonchev–Trinajstić information content (AvgIpc) is 3.09. The van der Waals surface area contributed by atoms with Gasteiger partial charge in [0.1, 0.15) is 0 Å². The van der Waals surface area contributed by atoms with Gasteiger partial charge in [-0.05, 0) is 71.8 Å². The lowest BCUT2D eigenvalue weighted by molar-refractivity contribution is -0.276. The van der Waals surface area contributed by atoms with E-state index < -0.39 is 6.29 Å². The molecule has 5 aromatic carbocycles. The Morgan fingerprint density at radius 2 is 1.56 bits per heavy atom. The SMILES string of the molecule is C[C@H]1[C@@H](CN(C)[C@H](C)c2ccc3ccccc3c2)O[C@@H](c2cccc(NC(=O)c3ccccc3)c2)O[C@H]1c1ccc(CO)cc1. The van der Waals surface area contributed by atoms with Gasteiger partial charge in [-0.15, -0.1) is 0 Å². The van der Waals surface area contributed by atoms with E-state index in [1.54, 1.807) is 12.1 Å². The second kappa shape index (κ2) is 13.8. The lowest BCUT2D eigenvalue weighted by Gasteiger charge is -2.43. The molecular formula is C39H40N2O4. The van der Waals surface area contributed by atoms with Crippen molar-refractivity contribution >= 4 is 22.4 Å². The number of hydrogen-bond acceptors (Lipinski definition) is 5. The average molecular weight is 601 g/mol. The van der Waals surface area contributed by atoms with Gasteiger partial charge >= 0.3 is 0 Å². The minimum Gasteiger partial charge on any atom is -0.392 e. The molecule has 2 N–H and O–H groups in total. The van der Waals surface area contributed by atoms with Gasteiger partial charge in [0.05, 0.1) is 18.8 Å². The normalized spacial score (nSPS) is 20.6. The maximum Gasteiger partial charge on any atom is 0.255 e. The number of rotatable bonds is 9. The van der Waals surface area contributed by atoms with Crippen LogP contribution in [0.2, 0.25) is 0 Å². The Bertz CT molecular complexity index is 1740. The van der Waals surface area contributed by atoms with Crippen molar-refractivity contribution in [2.45, 2.75) is 45.0 Å². The molecule has 0 unspecified atom stereocenters. The molecule has 5 atom stereocenters. The summed E-state index contributed by atoms with van der Waals surface area (Å²) in [5, 5.41) is 15.1. The van der Waals surface area contributed by atoms with Crippen LogP contribution in [0.15, 0.2) is 121 Å². The highest BCUT2D eigenvalue weighted by molar-refractivity contribution is 6.04. The summed E-state index contributed by atoms with van der Waals surface area (Å²) in [5.41, 5.74) is 5.26. The number of amides is 1. The van der Waals surface area contributed by atoms with Crippen molar-refractivity contribution in [1.82, 2.24) is 4.90 Å². The fourth-order valence-corrected chi connectivity index (χ4v) is 6.05. The maximum absolute atomic E-state index is 12.9. The number of hydrogen-bond donors (Lipinski definition) is 2. The van der Waals surface area contributed by atoms with Crippen LogP contribution in [-0.4, -0.2) is 35.6 Å². The minimum absolute atomic E-state index is 0.00529. The Kier molecular flexibility index (Phi) is 9.38. The van der Waals surface area contributed by atoms with Crippen LogP contribution >= 0.6 is 0 Å². The summed E-state index contributed by atoms with van der Waals surface area (Å²) in [6.45, 7) is 5.10. The molecule has 1 aliphatic rings. The van der Waals surface area contributed by atoms with Crippen LogP contribution in [0.4, 0.5) is 5.69 Å². The fourth-order valence-electron chi connectivity index (χ4n) is 6.05. The largest absolute Gasteiger partial charge is 0.392 e. The summed E-state index contributed by atoms with van der Waals surface area (Å²) in [4.78, 5) is 15.2. The third kappa shape index (κ3) is 7.00. The summed E-state index contributed by atoms with van der Waals surface area (Å²) < 4.78 is 13.4. The second-order valence-corrected chi connectivity index (χ2v) is 12.0. The highest BCUT2D eigenvalue weighted by Gasteiger charge is 2.39. The first-order valence-electron chi connectivity index (χ1n) is 15.6. The Labute approximate surface area is 265 Å². The topological polar surface area (TPSA) is 71.0 Å². The maximum atomic E-state index is 12.9. The number of anilines is 1. The van der Waals surface area contributed by atoms with Crippen LogP contribution in [0.25, 0.3) is 10.8 Å². The van der Waals surface area contributed by atoms with Gasteiger partial charge in [0.2, 0.25) is 0 Å². The number of ether oxygens (including phenoxy) is 2. The number of likely N-dealkylation sites (N-methyl/N-ethyl adjacent to an activating group) is 1. The van der Waals surface area contributed by atoms with Gasteiger partial charge in [0.25, 0.3) is 5.91 Å². The van der Waals surface area contributed by atoms with E-state index >= 15 is 0 Å². The summed E-state index contributed by atoms with van der Waals surface area (Å²) in [5.74, 6) is -0.121. The zero-order chi connectivity index (χ0) is 31.3. The number of aliphatic hydroxyl groups is 1. The molecule has 45 heavy (non-hydrogen) atoms. The molecule has 0 bridgehead atoms. The van der Waals surface area contributed by atoms with Crippen LogP contribution in [0.5, 0.6) is 0 Å². The number of aliphatic hydroxyl groups excluding tert-OH is 1. The molecule has 6 heteroatoms. The molecule has 0 spiro atoms. The zero-order valence-corrected chi connectivity index (χ0v) is 26.0. The molecule has 5 aromatic rings. The van der Waals surface area contributed by atoms with Gasteiger partial charge in [-0.25, -0.2) is 0 Å². The minimum atomic E-state index is -0.633. The highest BCUT2D eigenvalue weighted by Crippen LogP contribution is 2.42. The van der Waals surface area contributed by atoms with Gasteiger partial charge < -0.3 is 19.9 Å². The monoisotopic (exact) mass is 600 g/mol. The number of fused-ring (bicyclic) bond motifs is 1. The Balaban J connectivity index is 1.25. The van der Waals surface area contributed by atoms with E-state index in [-0.39, 0.29) is 36.7 Å². The summed E-state index contributed by atoms with van der Waals surface area (Å²) in [7, 11) is 2.14. The van der Waals surface area contributed by atoms with Crippen molar-refractivity contribution in [3.8, 4) is 0 Å². The second-order valence-electron chi connectivity index (χ2n) is 12.0. The standard InChI is InChI=1S/C39H40N2O4/c1-26-36(24-41(3)27(2)32-21-20-29-10-7-8-13-33(29)22-32)44-39(45-37(26)30-18-16-28(25-42)17-19-30)34-14-9-15-35(23-34)40-38(43)31-11-5-4-6-12-31/h4-23,26-27,36-37,39,42H,24-25H2,1-3H3,(H,40,43)/t26-,27+,36+,37+,39+/m0/s1. The molecule has 6 nitrogen and oxygen atoms in total.